The number of rotatable bonds is 4. The normalized spacial score (nSPS) is 25.0. The first kappa shape index (κ1) is 20.4. The Bertz CT molecular complexity index is 967. The molecule has 3 aromatic carbocycles. The fraction of sp³-hybridized carbons (Fsp3) is 0.357. The molecule has 2 aliphatic heterocycles. The van der Waals surface area contributed by atoms with Gasteiger partial charge in [0.2, 0.25) is 0 Å². The molecule has 0 saturated carbocycles. The molecule has 0 fully saturated rings. The van der Waals surface area contributed by atoms with Gasteiger partial charge in [0.15, 0.2) is 0 Å². The van der Waals surface area contributed by atoms with Crippen molar-refractivity contribution in [2.75, 3.05) is 0 Å². The molecule has 154 valence electrons. The first-order valence-corrected chi connectivity index (χ1v) is 14.2. The molecule has 0 amide bonds. The molecule has 5 rings (SSSR count). The molecule has 2 heteroatoms. The molecular formula is C28H32P2. The van der Waals surface area contributed by atoms with Crippen LogP contribution in [0.4, 0.5) is 0 Å². The van der Waals surface area contributed by atoms with Crippen molar-refractivity contribution >= 4 is 37.1 Å². The van der Waals surface area contributed by atoms with Gasteiger partial charge in [-0.3, -0.25) is 0 Å². The highest BCUT2D eigenvalue weighted by Crippen LogP contribution is 2.54. The third-order valence-electron chi connectivity index (χ3n) is 6.96. The molecule has 2 aliphatic rings. The fourth-order valence-electron chi connectivity index (χ4n) is 5.38. The molecule has 0 unspecified atom stereocenters. The van der Waals surface area contributed by atoms with Crippen LogP contribution in [-0.4, -0.2) is 11.3 Å². The maximum Gasteiger partial charge on any atom is -0.00647 e. The van der Waals surface area contributed by atoms with Gasteiger partial charge < -0.3 is 0 Å². The zero-order valence-electron chi connectivity index (χ0n) is 18.5. The summed E-state index contributed by atoms with van der Waals surface area (Å²) >= 11 is 0. The van der Waals surface area contributed by atoms with E-state index in [1.54, 1.807) is 32.3 Å². The van der Waals surface area contributed by atoms with Gasteiger partial charge >= 0.3 is 0 Å². The first-order valence-electron chi connectivity index (χ1n) is 11.4. The van der Waals surface area contributed by atoms with Gasteiger partial charge in [-0.2, -0.15) is 0 Å². The van der Waals surface area contributed by atoms with Crippen molar-refractivity contribution in [2.45, 2.75) is 51.9 Å². The van der Waals surface area contributed by atoms with Gasteiger partial charge in [-0.1, -0.05) is 100 Å². The number of hydrogen-bond donors (Lipinski definition) is 0. The largest absolute Gasteiger partial charge is 0.0621 e. The average molecular weight is 431 g/mol. The second-order valence-corrected chi connectivity index (χ2v) is 14.3. The predicted octanol–water partition coefficient (Wildman–Crippen LogP) is 5.71. The van der Waals surface area contributed by atoms with Crippen LogP contribution in [0, 0.1) is 11.8 Å². The van der Waals surface area contributed by atoms with Gasteiger partial charge in [0.05, 0.1) is 0 Å². The molecule has 0 bridgehead atoms. The molecule has 2 heterocycles. The molecule has 30 heavy (non-hydrogen) atoms. The topological polar surface area (TPSA) is 0 Å². The Morgan fingerprint density at radius 3 is 1.23 bits per heavy atom. The van der Waals surface area contributed by atoms with E-state index in [0.717, 1.165) is 11.3 Å². The lowest BCUT2D eigenvalue weighted by Crippen LogP contribution is -2.33. The van der Waals surface area contributed by atoms with Crippen LogP contribution in [-0.2, 0) is 12.8 Å². The highest BCUT2D eigenvalue weighted by Gasteiger charge is 2.40. The summed E-state index contributed by atoms with van der Waals surface area (Å²) in [5.74, 6) is 1.42. The fourth-order valence-corrected chi connectivity index (χ4v) is 12.5. The van der Waals surface area contributed by atoms with Gasteiger partial charge in [0.1, 0.15) is 0 Å². The summed E-state index contributed by atoms with van der Waals surface area (Å²) < 4.78 is 0. The number of hydrogen-bond acceptors (Lipinski definition) is 0. The molecule has 0 N–H and O–H groups in total. The van der Waals surface area contributed by atoms with Gasteiger partial charge in [0, 0.05) is 0 Å². The molecule has 0 aromatic heterocycles. The summed E-state index contributed by atoms with van der Waals surface area (Å²) in [6.45, 7) is 9.73. The van der Waals surface area contributed by atoms with Gasteiger partial charge in [0.25, 0.3) is 0 Å². The average Bonchev–Trinajstić information content (AvgIpc) is 3.33. The summed E-state index contributed by atoms with van der Waals surface area (Å²) in [6.07, 6.45) is 2.49. The van der Waals surface area contributed by atoms with Crippen LogP contribution in [0.5, 0.6) is 0 Å². The molecule has 0 spiro atoms. The summed E-state index contributed by atoms with van der Waals surface area (Å²) in [5.41, 5.74) is 4.70. The smallest absolute Gasteiger partial charge is 0.00647 e. The van der Waals surface area contributed by atoms with Crippen molar-refractivity contribution in [1.29, 1.82) is 0 Å². The summed E-state index contributed by atoms with van der Waals surface area (Å²) in [4.78, 5) is 0. The van der Waals surface area contributed by atoms with E-state index in [1.807, 2.05) is 0 Å². The minimum absolute atomic E-state index is 0.307. The van der Waals surface area contributed by atoms with Crippen molar-refractivity contribution in [3.8, 4) is 0 Å². The van der Waals surface area contributed by atoms with Crippen LogP contribution < -0.4 is 21.2 Å². The minimum Gasteiger partial charge on any atom is -0.0621 e. The summed E-state index contributed by atoms with van der Waals surface area (Å²) in [5, 5.41) is 6.62. The zero-order chi connectivity index (χ0) is 20.8. The van der Waals surface area contributed by atoms with Gasteiger partial charge in [-0.25, -0.2) is 0 Å². The lowest BCUT2D eigenvalue weighted by atomic mass is 10.0. The Labute approximate surface area is 184 Å². The van der Waals surface area contributed by atoms with Crippen LogP contribution in [0.3, 0.4) is 0 Å². The van der Waals surface area contributed by atoms with Crippen LogP contribution in [0.25, 0.3) is 0 Å². The Morgan fingerprint density at radius 1 is 0.533 bits per heavy atom. The van der Waals surface area contributed by atoms with Crippen molar-refractivity contribution in [3.63, 3.8) is 0 Å². The van der Waals surface area contributed by atoms with E-state index in [2.05, 4.69) is 100 Å². The van der Waals surface area contributed by atoms with Crippen molar-refractivity contribution in [2.24, 2.45) is 11.8 Å². The quantitative estimate of drug-likeness (QED) is 0.465. The summed E-state index contributed by atoms with van der Waals surface area (Å²) in [7, 11) is -0.615. The SMILES string of the molecule is CC(C)[C@H]1Cc2ccccc2[P@@]1c1ccccc1[P@]1c2ccccc2C[C@@H]1C(C)C. The standard InChI is InChI=1S/C28H32P2/c1-19(2)27-17-21-11-5-7-13-23(21)29(27)25-15-9-10-16-26(25)30-24-14-8-6-12-22(24)18-28(30)20(3)4/h5-16,19-20,27-28H,17-18H2,1-4H3/t27-,28-,29+,30+/m1/s1. The van der Waals surface area contributed by atoms with Crippen molar-refractivity contribution < 1.29 is 0 Å². The maximum atomic E-state index is 2.49. The van der Waals surface area contributed by atoms with E-state index >= 15 is 0 Å². The van der Waals surface area contributed by atoms with Crippen LogP contribution in [0.1, 0.15) is 38.8 Å². The molecule has 0 radical (unpaired) electrons. The van der Waals surface area contributed by atoms with Crippen LogP contribution in [0.2, 0.25) is 0 Å². The van der Waals surface area contributed by atoms with E-state index in [0.29, 0.717) is 11.8 Å². The Hall–Kier alpha value is -1.48. The Balaban J connectivity index is 1.68. The highest BCUT2D eigenvalue weighted by molar-refractivity contribution is 7.80. The lowest BCUT2D eigenvalue weighted by Gasteiger charge is -2.31. The molecule has 0 nitrogen and oxygen atoms in total. The van der Waals surface area contributed by atoms with Gasteiger partial charge in [-0.15, -0.1) is 0 Å². The zero-order valence-corrected chi connectivity index (χ0v) is 20.3. The second-order valence-electron chi connectivity index (χ2n) is 9.52. The van der Waals surface area contributed by atoms with E-state index in [9.17, 15) is 0 Å². The first-order chi connectivity index (χ1) is 14.6. The second kappa shape index (κ2) is 8.22. The van der Waals surface area contributed by atoms with E-state index in [1.165, 1.54) is 12.8 Å². The molecule has 0 saturated heterocycles. The maximum absolute atomic E-state index is 2.49. The molecular weight excluding hydrogens is 398 g/mol. The molecule has 4 atom stereocenters. The third-order valence-corrected chi connectivity index (χ3v) is 13.8. The van der Waals surface area contributed by atoms with E-state index < -0.39 is 0 Å². The molecule has 3 aromatic rings. The monoisotopic (exact) mass is 430 g/mol. The van der Waals surface area contributed by atoms with E-state index in [4.69, 9.17) is 0 Å². The number of benzene rings is 3. The minimum atomic E-state index is -0.307. The Morgan fingerprint density at radius 2 is 0.867 bits per heavy atom. The van der Waals surface area contributed by atoms with E-state index in [-0.39, 0.29) is 15.8 Å². The van der Waals surface area contributed by atoms with Crippen LogP contribution in [0.15, 0.2) is 72.8 Å². The van der Waals surface area contributed by atoms with Crippen molar-refractivity contribution in [1.82, 2.24) is 0 Å². The molecule has 0 aliphatic carbocycles. The number of fused-ring (bicyclic) bond motifs is 2. The third kappa shape index (κ3) is 3.38. The highest BCUT2D eigenvalue weighted by atomic mass is 31.1. The predicted molar refractivity (Wildman–Crippen MR) is 136 cm³/mol. The summed E-state index contributed by atoms with van der Waals surface area (Å²) in [6, 6.07) is 28.1. The van der Waals surface area contributed by atoms with Crippen LogP contribution >= 0.6 is 15.8 Å². The lowest BCUT2D eigenvalue weighted by molar-refractivity contribution is 0.606. The van der Waals surface area contributed by atoms with Gasteiger partial charge in [-0.05, 0) is 84.2 Å². The Kier molecular flexibility index (Phi) is 5.60. The van der Waals surface area contributed by atoms with Crippen molar-refractivity contribution in [3.05, 3.63) is 83.9 Å².